The molecule has 0 unspecified atom stereocenters. The largest absolute Gasteiger partial charge is 0.482 e. The lowest BCUT2D eigenvalue weighted by atomic mass is 9.93. The molecule has 0 amide bonds. The summed E-state index contributed by atoms with van der Waals surface area (Å²) in [6.07, 6.45) is 3.37. The minimum absolute atomic E-state index is 0.123. The number of nitrogens with zero attached hydrogens (tertiary/aromatic N) is 1. The van der Waals surface area contributed by atoms with Crippen molar-refractivity contribution in [1.82, 2.24) is 4.57 Å². The number of esters is 1. The minimum atomic E-state index is -0.395. The second kappa shape index (κ2) is 12.4. The molecule has 0 spiro atoms. The van der Waals surface area contributed by atoms with Crippen molar-refractivity contribution in [2.75, 3.05) is 13.2 Å². The molecule has 0 aliphatic heterocycles. The maximum Gasteiger partial charge on any atom is 0.344 e. The summed E-state index contributed by atoms with van der Waals surface area (Å²) in [6.45, 7) is 4.58. The molecule has 0 radical (unpaired) electrons. The van der Waals surface area contributed by atoms with Crippen LogP contribution in [0, 0.1) is 6.92 Å². The van der Waals surface area contributed by atoms with Crippen molar-refractivity contribution in [3.8, 4) is 28.0 Å². The maximum atomic E-state index is 12.8. The summed E-state index contributed by atoms with van der Waals surface area (Å²) in [5.74, 6) is 0.216. The SMILES string of the molecule is CCOC(=O)COc1cccc(CCCn2cc(-c3ccccc3-c3ccccc3C)cc(Cl)c2=O)c1. The van der Waals surface area contributed by atoms with E-state index in [1.807, 2.05) is 54.7 Å². The predicted octanol–water partition coefficient (Wildman–Crippen LogP) is 6.72. The van der Waals surface area contributed by atoms with Crippen molar-refractivity contribution in [3.63, 3.8) is 0 Å². The Labute approximate surface area is 222 Å². The summed E-state index contributed by atoms with van der Waals surface area (Å²) in [5, 5.41) is 0.200. The van der Waals surface area contributed by atoms with Gasteiger partial charge in [-0.05, 0) is 72.7 Å². The first-order chi connectivity index (χ1) is 18.0. The summed E-state index contributed by atoms with van der Waals surface area (Å²) in [6, 6.07) is 25.8. The van der Waals surface area contributed by atoms with Crippen LogP contribution in [0.4, 0.5) is 0 Å². The first-order valence-electron chi connectivity index (χ1n) is 12.4. The highest BCUT2D eigenvalue weighted by Gasteiger charge is 2.12. The van der Waals surface area contributed by atoms with Crippen LogP contribution < -0.4 is 10.3 Å². The molecule has 1 aromatic heterocycles. The van der Waals surface area contributed by atoms with Gasteiger partial charge in [-0.15, -0.1) is 0 Å². The van der Waals surface area contributed by atoms with E-state index in [1.54, 1.807) is 17.6 Å². The zero-order chi connectivity index (χ0) is 26.2. The second-order valence-electron chi connectivity index (χ2n) is 8.78. The quantitative estimate of drug-likeness (QED) is 0.220. The van der Waals surface area contributed by atoms with Crippen LogP contribution in [0.2, 0.25) is 5.02 Å². The molecule has 37 heavy (non-hydrogen) atoms. The van der Waals surface area contributed by atoms with Crippen LogP contribution in [0.5, 0.6) is 5.75 Å². The van der Waals surface area contributed by atoms with Gasteiger partial charge < -0.3 is 14.0 Å². The van der Waals surface area contributed by atoms with Gasteiger partial charge in [0.2, 0.25) is 0 Å². The van der Waals surface area contributed by atoms with Crippen molar-refractivity contribution >= 4 is 17.6 Å². The molecule has 4 rings (SSSR count). The van der Waals surface area contributed by atoms with Gasteiger partial charge in [-0.1, -0.05) is 72.3 Å². The molecule has 0 bridgehead atoms. The maximum absolute atomic E-state index is 12.8. The Morgan fingerprint density at radius 3 is 2.41 bits per heavy atom. The Bertz CT molecular complexity index is 1440. The van der Waals surface area contributed by atoms with E-state index in [1.165, 1.54) is 5.56 Å². The zero-order valence-corrected chi connectivity index (χ0v) is 21.8. The number of carbonyl (C=O) groups is 1. The van der Waals surface area contributed by atoms with E-state index < -0.39 is 5.97 Å². The standard InChI is InChI=1S/C31H30ClNO4/c1-3-36-30(34)21-37-25-13-8-11-23(18-25)12-9-17-33-20-24(19-29(32)31(33)35)27-15-6-7-16-28(27)26-14-5-4-10-22(26)2/h4-8,10-11,13-16,18-20H,3,9,12,17,21H2,1-2H3. The summed E-state index contributed by atoms with van der Waals surface area (Å²) in [5.41, 5.74) is 6.21. The van der Waals surface area contributed by atoms with Crippen LogP contribution in [0.3, 0.4) is 0 Å². The Balaban J connectivity index is 1.51. The van der Waals surface area contributed by atoms with Crippen LogP contribution in [0.15, 0.2) is 89.9 Å². The van der Waals surface area contributed by atoms with Crippen molar-refractivity contribution in [2.45, 2.75) is 33.2 Å². The average Bonchev–Trinajstić information content (AvgIpc) is 2.90. The average molecular weight is 516 g/mol. The molecule has 190 valence electrons. The van der Waals surface area contributed by atoms with Crippen molar-refractivity contribution < 1.29 is 14.3 Å². The second-order valence-corrected chi connectivity index (χ2v) is 9.19. The van der Waals surface area contributed by atoms with Crippen LogP contribution in [0.25, 0.3) is 22.3 Å². The zero-order valence-electron chi connectivity index (χ0n) is 21.1. The highest BCUT2D eigenvalue weighted by Crippen LogP contribution is 2.34. The molecule has 0 aliphatic carbocycles. The lowest BCUT2D eigenvalue weighted by Crippen LogP contribution is -2.20. The topological polar surface area (TPSA) is 57.5 Å². The molecular formula is C31H30ClNO4. The molecule has 0 saturated carbocycles. The number of pyridine rings is 1. The number of rotatable bonds is 10. The summed E-state index contributed by atoms with van der Waals surface area (Å²) >= 11 is 6.41. The van der Waals surface area contributed by atoms with Gasteiger partial charge in [-0.3, -0.25) is 4.79 Å². The van der Waals surface area contributed by atoms with Gasteiger partial charge in [0.25, 0.3) is 5.56 Å². The fraction of sp³-hybridized carbons (Fsp3) is 0.226. The fourth-order valence-corrected chi connectivity index (χ4v) is 4.57. The third-order valence-corrected chi connectivity index (χ3v) is 6.41. The van der Waals surface area contributed by atoms with E-state index in [-0.39, 0.29) is 17.2 Å². The van der Waals surface area contributed by atoms with E-state index in [4.69, 9.17) is 21.1 Å². The number of aromatic nitrogens is 1. The first-order valence-corrected chi connectivity index (χ1v) is 12.8. The van der Waals surface area contributed by atoms with E-state index >= 15 is 0 Å². The van der Waals surface area contributed by atoms with Gasteiger partial charge in [-0.2, -0.15) is 0 Å². The van der Waals surface area contributed by atoms with E-state index in [0.717, 1.165) is 40.7 Å². The Morgan fingerprint density at radius 1 is 0.919 bits per heavy atom. The van der Waals surface area contributed by atoms with Crippen LogP contribution in [-0.4, -0.2) is 23.8 Å². The van der Waals surface area contributed by atoms with E-state index in [2.05, 4.69) is 31.2 Å². The summed E-state index contributed by atoms with van der Waals surface area (Å²) in [7, 11) is 0. The van der Waals surface area contributed by atoms with E-state index in [0.29, 0.717) is 18.9 Å². The molecule has 1 heterocycles. The molecule has 4 aromatic rings. The summed E-state index contributed by atoms with van der Waals surface area (Å²) in [4.78, 5) is 24.4. The number of hydrogen-bond donors (Lipinski definition) is 0. The fourth-order valence-electron chi connectivity index (χ4n) is 4.35. The number of halogens is 1. The molecule has 5 nitrogen and oxygen atoms in total. The molecule has 6 heteroatoms. The lowest BCUT2D eigenvalue weighted by Gasteiger charge is -2.15. The molecule has 0 fully saturated rings. The van der Waals surface area contributed by atoms with Gasteiger partial charge in [0.05, 0.1) is 6.61 Å². The highest BCUT2D eigenvalue weighted by atomic mass is 35.5. The lowest BCUT2D eigenvalue weighted by molar-refractivity contribution is -0.145. The van der Waals surface area contributed by atoms with Crippen LogP contribution >= 0.6 is 11.6 Å². The Hall–Kier alpha value is -3.83. The summed E-state index contributed by atoms with van der Waals surface area (Å²) < 4.78 is 12.1. The molecule has 0 atom stereocenters. The van der Waals surface area contributed by atoms with Gasteiger partial charge in [-0.25, -0.2) is 4.79 Å². The van der Waals surface area contributed by atoms with Gasteiger partial charge >= 0.3 is 5.97 Å². The number of hydrogen-bond acceptors (Lipinski definition) is 4. The van der Waals surface area contributed by atoms with Crippen molar-refractivity contribution in [2.24, 2.45) is 0 Å². The van der Waals surface area contributed by atoms with Crippen LogP contribution in [0.1, 0.15) is 24.5 Å². The molecule has 0 saturated heterocycles. The van der Waals surface area contributed by atoms with Gasteiger partial charge in [0, 0.05) is 18.3 Å². The third-order valence-electron chi connectivity index (χ3n) is 6.14. The number of aryl methyl sites for hydroxylation is 3. The molecular weight excluding hydrogens is 486 g/mol. The van der Waals surface area contributed by atoms with Crippen molar-refractivity contribution in [3.05, 3.63) is 112 Å². The van der Waals surface area contributed by atoms with Crippen LogP contribution in [-0.2, 0) is 22.5 Å². The number of benzene rings is 3. The third kappa shape index (κ3) is 6.69. The van der Waals surface area contributed by atoms with Gasteiger partial charge in [0.1, 0.15) is 10.8 Å². The monoisotopic (exact) mass is 515 g/mol. The predicted molar refractivity (Wildman–Crippen MR) is 148 cm³/mol. The number of carbonyl (C=O) groups excluding carboxylic acids is 1. The Morgan fingerprint density at radius 2 is 1.65 bits per heavy atom. The number of ether oxygens (including phenoxy) is 2. The molecule has 3 aromatic carbocycles. The highest BCUT2D eigenvalue weighted by molar-refractivity contribution is 6.30. The van der Waals surface area contributed by atoms with Gasteiger partial charge in [0.15, 0.2) is 6.61 Å². The minimum Gasteiger partial charge on any atom is -0.482 e. The smallest absolute Gasteiger partial charge is 0.344 e. The Kier molecular flexibility index (Phi) is 8.81. The molecule has 0 N–H and O–H groups in total. The first kappa shape index (κ1) is 26.2. The van der Waals surface area contributed by atoms with E-state index in [9.17, 15) is 9.59 Å². The molecule has 0 aliphatic rings. The van der Waals surface area contributed by atoms with Crippen molar-refractivity contribution in [1.29, 1.82) is 0 Å². The normalized spacial score (nSPS) is 10.8.